The molecule has 0 radical (unpaired) electrons. The SMILES string of the molecule is Cc1cc(C)cc(CC(NN)C2CC2)c1. The van der Waals surface area contributed by atoms with E-state index in [9.17, 15) is 0 Å². The fraction of sp³-hybridized carbons (Fsp3) is 0.538. The van der Waals surface area contributed by atoms with E-state index in [0.29, 0.717) is 6.04 Å². The minimum absolute atomic E-state index is 0.464. The number of aryl methyl sites for hydroxylation is 2. The van der Waals surface area contributed by atoms with Gasteiger partial charge in [0.15, 0.2) is 0 Å². The Morgan fingerprint density at radius 2 is 1.87 bits per heavy atom. The lowest BCUT2D eigenvalue weighted by Crippen LogP contribution is -2.38. The van der Waals surface area contributed by atoms with Crippen LogP contribution in [0.15, 0.2) is 18.2 Å². The van der Waals surface area contributed by atoms with Crippen molar-refractivity contribution in [2.24, 2.45) is 11.8 Å². The number of nitrogens with one attached hydrogen (secondary N) is 1. The summed E-state index contributed by atoms with van der Waals surface area (Å²) in [6.45, 7) is 4.30. The lowest BCUT2D eigenvalue weighted by molar-refractivity contribution is 0.472. The van der Waals surface area contributed by atoms with Crippen molar-refractivity contribution >= 4 is 0 Å². The van der Waals surface area contributed by atoms with Gasteiger partial charge in [-0.05, 0) is 44.6 Å². The van der Waals surface area contributed by atoms with E-state index in [-0.39, 0.29) is 0 Å². The van der Waals surface area contributed by atoms with Crippen LogP contribution >= 0.6 is 0 Å². The third kappa shape index (κ3) is 2.80. The zero-order valence-corrected chi connectivity index (χ0v) is 9.59. The summed E-state index contributed by atoms with van der Waals surface area (Å²) in [5.41, 5.74) is 7.04. The topological polar surface area (TPSA) is 38.0 Å². The summed E-state index contributed by atoms with van der Waals surface area (Å²) < 4.78 is 0. The molecule has 2 heteroatoms. The van der Waals surface area contributed by atoms with Gasteiger partial charge in [0.1, 0.15) is 0 Å². The van der Waals surface area contributed by atoms with Crippen molar-refractivity contribution in [2.45, 2.75) is 39.2 Å². The van der Waals surface area contributed by atoms with E-state index in [1.165, 1.54) is 29.5 Å². The second kappa shape index (κ2) is 4.33. The number of rotatable bonds is 4. The molecule has 0 saturated heterocycles. The van der Waals surface area contributed by atoms with Crippen LogP contribution in [0.3, 0.4) is 0 Å². The van der Waals surface area contributed by atoms with Gasteiger partial charge in [0.2, 0.25) is 0 Å². The predicted octanol–water partition coefficient (Wildman–Crippen LogP) is 2.09. The molecule has 82 valence electrons. The summed E-state index contributed by atoms with van der Waals surface area (Å²) in [4.78, 5) is 0. The van der Waals surface area contributed by atoms with E-state index in [1.54, 1.807) is 0 Å². The predicted molar refractivity (Wildman–Crippen MR) is 63.5 cm³/mol. The van der Waals surface area contributed by atoms with Crippen molar-refractivity contribution < 1.29 is 0 Å². The largest absolute Gasteiger partial charge is 0.271 e. The molecular weight excluding hydrogens is 184 g/mol. The Bertz CT molecular complexity index is 322. The molecule has 3 N–H and O–H groups in total. The van der Waals surface area contributed by atoms with Crippen LogP contribution in [0.2, 0.25) is 0 Å². The highest BCUT2D eigenvalue weighted by atomic mass is 15.2. The molecule has 2 nitrogen and oxygen atoms in total. The Kier molecular flexibility index (Phi) is 3.08. The fourth-order valence-electron chi connectivity index (χ4n) is 2.30. The van der Waals surface area contributed by atoms with E-state index in [1.807, 2.05) is 0 Å². The van der Waals surface area contributed by atoms with Gasteiger partial charge in [-0.25, -0.2) is 0 Å². The summed E-state index contributed by atoms with van der Waals surface area (Å²) in [5, 5.41) is 0. The molecule has 1 atom stereocenters. The molecule has 1 aliphatic carbocycles. The first-order valence-electron chi connectivity index (χ1n) is 5.72. The van der Waals surface area contributed by atoms with Crippen LogP contribution in [0.4, 0.5) is 0 Å². The Labute approximate surface area is 91.8 Å². The molecule has 0 aromatic heterocycles. The molecule has 0 amide bonds. The van der Waals surface area contributed by atoms with Crippen LogP contribution in [0.25, 0.3) is 0 Å². The lowest BCUT2D eigenvalue weighted by atomic mass is 9.99. The normalized spacial score (nSPS) is 17.8. The first-order valence-corrected chi connectivity index (χ1v) is 5.72. The van der Waals surface area contributed by atoms with Crippen LogP contribution in [-0.2, 0) is 6.42 Å². The van der Waals surface area contributed by atoms with Gasteiger partial charge in [0.05, 0.1) is 0 Å². The second-order valence-electron chi connectivity index (χ2n) is 4.81. The van der Waals surface area contributed by atoms with Gasteiger partial charge in [-0.15, -0.1) is 0 Å². The smallest absolute Gasteiger partial charge is 0.0279 e. The minimum atomic E-state index is 0.464. The number of hydrogen-bond donors (Lipinski definition) is 2. The second-order valence-corrected chi connectivity index (χ2v) is 4.81. The van der Waals surface area contributed by atoms with Crippen molar-refractivity contribution in [2.75, 3.05) is 0 Å². The molecule has 1 fully saturated rings. The van der Waals surface area contributed by atoms with E-state index < -0.39 is 0 Å². The Morgan fingerprint density at radius 1 is 1.27 bits per heavy atom. The molecule has 1 saturated carbocycles. The van der Waals surface area contributed by atoms with Gasteiger partial charge >= 0.3 is 0 Å². The highest BCUT2D eigenvalue weighted by molar-refractivity contribution is 5.29. The van der Waals surface area contributed by atoms with Gasteiger partial charge < -0.3 is 0 Å². The molecule has 0 bridgehead atoms. The van der Waals surface area contributed by atoms with Crippen molar-refractivity contribution in [3.05, 3.63) is 34.9 Å². The van der Waals surface area contributed by atoms with E-state index >= 15 is 0 Å². The molecule has 0 spiro atoms. The average molecular weight is 204 g/mol. The molecule has 15 heavy (non-hydrogen) atoms. The van der Waals surface area contributed by atoms with Gasteiger partial charge in [-0.2, -0.15) is 0 Å². The number of benzene rings is 1. The molecule has 0 aliphatic heterocycles. The monoisotopic (exact) mass is 204 g/mol. The first kappa shape index (κ1) is 10.7. The lowest BCUT2D eigenvalue weighted by Gasteiger charge is -2.15. The van der Waals surface area contributed by atoms with E-state index in [2.05, 4.69) is 37.5 Å². The molecule has 1 aromatic rings. The minimum Gasteiger partial charge on any atom is -0.271 e. The summed E-state index contributed by atoms with van der Waals surface area (Å²) >= 11 is 0. The number of hydrogen-bond acceptors (Lipinski definition) is 2. The van der Waals surface area contributed by atoms with Crippen molar-refractivity contribution in [3.63, 3.8) is 0 Å². The zero-order chi connectivity index (χ0) is 10.8. The quantitative estimate of drug-likeness (QED) is 0.582. The third-order valence-electron chi connectivity index (χ3n) is 3.14. The highest BCUT2D eigenvalue weighted by Crippen LogP contribution is 2.33. The van der Waals surface area contributed by atoms with Crippen molar-refractivity contribution in [1.29, 1.82) is 0 Å². The highest BCUT2D eigenvalue weighted by Gasteiger charge is 2.30. The van der Waals surface area contributed by atoms with Gasteiger partial charge in [0, 0.05) is 6.04 Å². The fourth-order valence-corrected chi connectivity index (χ4v) is 2.30. The Morgan fingerprint density at radius 3 is 2.33 bits per heavy atom. The maximum atomic E-state index is 5.59. The molecule has 1 aromatic carbocycles. The maximum Gasteiger partial charge on any atom is 0.0279 e. The molecular formula is C13H20N2. The molecule has 1 unspecified atom stereocenters. The Balaban J connectivity index is 2.08. The maximum absolute atomic E-state index is 5.59. The van der Waals surface area contributed by atoms with E-state index in [4.69, 9.17) is 5.84 Å². The standard InChI is InChI=1S/C13H20N2/c1-9-5-10(2)7-11(6-9)8-13(15-14)12-3-4-12/h5-7,12-13,15H,3-4,8,14H2,1-2H3. The summed E-state index contributed by atoms with van der Waals surface area (Å²) in [6, 6.07) is 7.21. The molecule has 0 heterocycles. The van der Waals surface area contributed by atoms with Crippen LogP contribution in [0.1, 0.15) is 29.5 Å². The van der Waals surface area contributed by atoms with Crippen LogP contribution < -0.4 is 11.3 Å². The number of nitrogens with two attached hydrogens (primary N) is 1. The zero-order valence-electron chi connectivity index (χ0n) is 9.59. The first-order chi connectivity index (χ1) is 7.19. The van der Waals surface area contributed by atoms with Crippen LogP contribution in [0, 0.1) is 19.8 Å². The van der Waals surface area contributed by atoms with Crippen molar-refractivity contribution in [1.82, 2.24) is 5.43 Å². The van der Waals surface area contributed by atoms with Crippen LogP contribution in [-0.4, -0.2) is 6.04 Å². The summed E-state index contributed by atoms with van der Waals surface area (Å²) in [7, 11) is 0. The Hall–Kier alpha value is -0.860. The summed E-state index contributed by atoms with van der Waals surface area (Å²) in [5.74, 6) is 6.39. The third-order valence-corrected chi connectivity index (χ3v) is 3.14. The van der Waals surface area contributed by atoms with Crippen LogP contribution in [0.5, 0.6) is 0 Å². The number of hydrazine groups is 1. The van der Waals surface area contributed by atoms with Gasteiger partial charge in [0.25, 0.3) is 0 Å². The molecule has 2 rings (SSSR count). The van der Waals surface area contributed by atoms with E-state index in [0.717, 1.165) is 12.3 Å². The van der Waals surface area contributed by atoms with Crippen molar-refractivity contribution in [3.8, 4) is 0 Å². The summed E-state index contributed by atoms with van der Waals surface area (Å²) in [6.07, 6.45) is 3.73. The van der Waals surface area contributed by atoms with Gasteiger partial charge in [-0.1, -0.05) is 29.3 Å². The van der Waals surface area contributed by atoms with Gasteiger partial charge in [-0.3, -0.25) is 11.3 Å². The molecule has 1 aliphatic rings. The average Bonchev–Trinajstić information content (AvgIpc) is 2.95.